The van der Waals surface area contributed by atoms with Crippen LogP contribution in [0.2, 0.25) is 5.02 Å². The molecule has 0 saturated heterocycles. The Morgan fingerprint density at radius 1 is 1.41 bits per heavy atom. The summed E-state index contributed by atoms with van der Waals surface area (Å²) in [7, 11) is 3.78. The standard InChI is InChI=1S/C13H21ClN2O/c1-4-15-7-8-16(2)10-11-5-6-12(14)9-13(11)17-3/h5-6,9,15H,4,7-8,10H2,1-3H3. The lowest BCUT2D eigenvalue weighted by atomic mass is 10.2. The number of nitrogens with zero attached hydrogens (tertiary/aromatic N) is 1. The number of likely N-dealkylation sites (N-methyl/N-ethyl adjacent to an activating group) is 2. The van der Waals surface area contributed by atoms with E-state index in [0.29, 0.717) is 5.02 Å². The topological polar surface area (TPSA) is 24.5 Å². The maximum atomic E-state index is 5.93. The van der Waals surface area contributed by atoms with Crippen LogP contribution in [0, 0.1) is 0 Å². The predicted octanol–water partition coefficient (Wildman–Crippen LogP) is 2.39. The minimum Gasteiger partial charge on any atom is -0.496 e. The summed E-state index contributed by atoms with van der Waals surface area (Å²) in [4.78, 5) is 2.26. The zero-order valence-electron chi connectivity index (χ0n) is 10.8. The number of methoxy groups -OCH3 is 1. The third-order valence-corrected chi connectivity index (χ3v) is 2.84. The Balaban J connectivity index is 2.55. The van der Waals surface area contributed by atoms with E-state index in [4.69, 9.17) is 16.3 Å². The maximum Gasteiger partial charge on any atom is 0.124 e. The van der Waals surface area contributed by atoms with Crippen LogP contribution in [0.25, 0.3) is 0 Å². The zero-order chi connectivity index (χ0) is 12.7. The second kappa shape index (κ2) is 7.54. The van der Waals surface area contributed by atoms with Gasteiger partial charge in [0.15, 0.2) is 0 Å². The average Bonchev–Trinajstić information content (AvgIpc) is 2.32. The van der Waals surface area contributed by atoms with E-state index in [2.05, 4.69) is 24.2 Å². The minimum absolute atomic E-state index is 0.709. The summed E-state index contributed by atoms with van der Waals surface area (Å²) < 4.78 is 5.33. The van der Waals surface area contributed by atoms with Gasteiger partial charge in [0.05, 0.1) is 7.11 Å². The summed E-state index contributed by atoms with van der Waals surface area (Å²) in [6.07, 6.45) is 0. The molecule has 0 saturated carbocycles. The summed E-state index contributed by atoms with van der Waals surface area (Å²) in [6.45, 7) is 6.01. The lowest BCUT2D eigenvalue weighted by Crippen LogP contribution is -2.28. The summed E-state index contributed by atoms with van der Waals surface area (Å²) in [5.74, 6) is 0.854. The molecule has 0 unspecified atom stereocenters. The molecular formula is C13H21ClN2O. The van der Waals surface area contributed by atoms with Crippen LogP contribution in [0.15, 0.2) is 18.2 Å². The van der Waals surface area contributed by atoms with Crippen LogP contribution in [0.4, 0.5) is 0 Å². The Bertz CT molecular complexity index is 344. The van der Waals surface area contributed by atoms with Crippen molar-refractivity contribution in [2.45, 2.75) is 13.5 Å². The van der Waals surface area contributed by atoms with Gasteiger partial charge >= 0.3 is 0 Å². The van der Waals surface area contributed by atoms with Crippen LogP contribution >= 0.6 is 11.6 Å². The summed E-state index contributed by atoms with van der Waals surface area (Å²) in [6, 6.07) is 5.78. The predicted molar refractivity (Wildman–Crippen MR) is 72.9 cm³/mol. The molecule has 0 radical (unpaired) electrons. The lowest BCUT2D eigenvalue weighted by Gasteiger charge is -2.18. The molecule has 3 nitrogen and oxygen atoms in total. The highest BCUT2D eigenvalue weighted by Crippen LogP contribution is 2.23. The van der Waals surface area contributed by atoms with Crippen LogP contribution in [0.5, 0.6) is 5.75 Å². The van der Waals surface area contributed by atoms with Crippen molar-refractivity contribution in [1.29, 1.82) is 0 Å². The Hall–Kier alpha value is -0.770. The molecule has 1 N–H and O–H groups in total. The summed E-state index contributed by atoms with van der Waals surface area (Å²) in [5, 5.41) is 4.02. The molecule has 1 aromatic carbocycles. The number of hydrogen-bond donors (Lipinski definition) is 1. The quantitative estimate of drug-likeness (QED) is 0.759. The van der Waals surface area contributed by atoms with Gasteiger partial charge in [0.1, 0.15) is 5.75 Å². The van der Waals surface area contributed by atoms with Crippen molar-refractivity contribution in [2.24, 2.45) is 0 Å². The molecule has 0 atom stereocenters. The Labute approximate surface area is 109 Å². The normalized spacial score (nSPS) is 10.9. The van der Waals surface area contributed by atoms with Crippen LogP contribution in [0.1, 0.15) is 12.5 Å². The van der Waals surface area contributed by atoms with Crippen molar-refractivity contribution in [1.82, 2.24) is 10.2 Å². The fourth-order valence-electron chi connectivity index (χ4n) is 1.67. The summed E-state index contributed by atoms with van der Waals surface area (Å²) in [5.41, 5.74) is 1.16. The van der Waals surface area contributed by atoms with E-state index in [1.165, 1.54) is 0 Å². The van der Waals surface area contributed by atoms with E-state index in [9.17, 15) is 0 Å². The highest BCUT2D eigenvalue weighted by Gasteiger charge is 2.06. The SMILES string of the molecule is CCNCCN(C)Cc1ccc(Cl)cc1OC. The van der Waals surface area contributed by atoms with Crippen molar-refractivity contribution in [3.63, 3.8) is 0 Å². The molecule has 1 rings (SSSR count). The van der Waals surface area contributed by atoms with Crippen LogP contribution in [0.3, 0.4) is 0 Å². The number of rotatable bonds is 7. The van der Waals surface area contributed by atoms with Gasteiger partial charge in [-0.15, -0.1) is 0 Å². The van der Waals surface area contributed by atoms with Gasteiger partial charge in [0.2, 0.25) is 0 Å². The van der Waals surface area contributed by atoms with Gasteiger partial charge in [-0.3, -0.25) is 0 Å². The Morgan fingerprint density at radius 2 is 2.18 bits per heavy atom. The molecule has 17 heavy (non-hydrogen) atoms. The van der Waals surface area contributed by atoms with Gasteiger partial charge in [-0.05, 0) is 25.7 Å². The zero-order valence-corrected chi connectivity index (χ0v) is 11.5. The van der Waals surface area contributed by atoms with Gasteiger partial charge in [0.25, 0.3) is 0 Å². The number of benzene rings is 1. The van der Waals surface area contributed by atoms with Crippen molar-refractivity contribution >= 4 is 11.6 Å². The monoisotopic (exact) mass is 256 g/mol. The molecule has 0 spiro atoms. The fourth-order valence-corrected chi connectivity index (χ4v) is 1.83. The molecule has 0 aliphatic heterocycles. The lowest BCUT2D eigenvalue weighted by molar-refractivity contribution is 0.316. The molecule has 0 bridgehead atoms. The first-order valence-corrected chi connectivity index (χ1v) is 6.26. The molecule has 96 valence electrons. The minimum atomic E-state index is 0.709. The van der Waals surface area contributed by atoms with Crippen molar-refractivity contribution < 1.29 is 4.74 Å². The number of nitrogens with one attached hydrogen (secondary N) is 1. The molecule has 0 aliphatic carbocycles. The number of hydrogen-bond acceptors (Lipinski definition) is 3. The summed E-state index contributed by atoms with van der Waals surface area (Å²) >= 11 is 5.93. The second-order valence-electron chi connectivity index (χ2n) is 4.05. The fraction of sp³-hybridized carbons (Fsp3) is 0.538. The molecule has 0 aromatic heterocycles. The van der Waals surface area contributed by atoms with Gasteiger partial charge in [-0.1, -0.05) is 24.6 Å². The van der Waals surface area contributed by atoms with Crippen LogP contribution in [-0.4, -0.2) is 38.7 Å². The van der Waals surface area contributed by atoms with Gasteiger partial charge in [-0.2, -0.15) is 0 Å². The largest absolute Gasteiger partial charge is 0.496 e. The van der Waals surface area contributed by atoms with Crippen LogP contribution < -0.4 is 10.1 Å². The average molecular weight is 257 g/mol. The first kappa shape index (κ1) is 14.3. The molecule has 4 heteroatoms. The van der Waals surface area contributed by atoms with E-state index < -0.39 is 0 Å². The van der Waals surface area contributed by atoms with Crippen molar-refractivity contribution in [2.75, 3.05) is 33.8 Å². The third-order valence-electron chi connectivity index (χ3n) is 2.61. The van der Waals surface area contributed by atoms with Gasteiger partial charge in [-0.25, -0.2) is 0 Å². The number of halogens is 1. The third kappa shape index (κ3) is 4.94. The molecule has 0 aliphatic rings. The van der Waals surface area contributed by atoms with E-state index in [0.717, 1.165) is 37.5 Å². The second-order valence-corrected chi connectivity index (χ2v) is 4.48. The number of ether oxygens (including phenoxy) is 1. The Morgan fingerprint density at radius 3 is 2.82 bits per heavy atom. The van der Waals surface area contributed by atoms with Gasteiger partial charge < -0.3 is 15.0 Å². The van der Waals surface area contributed by atoms with E-state index in [-0.39, 0.29) is 0 Å². The molecule has 0 heterocycles. The first-order valence-electron chi connectivity index (χ1n) is 5.89. The van der Waals surface area contributed by atoms with Crippen LogP contribution in [-0.2, 0) is 6.54 Å². The van der Waals surface area contributed by atoms with E-state index in [1.54, 1.807) is 7.11 Å². The molecular weight excluding hydrogens is 236 g/mol. The molecule has 0 amide bonds. The smallest absolute Gasteiger partial charge is 0.124 e. The van der Waals surface area contributed by atoms with E-state index >= 15 is 0 Å². The highest BCUT2D eigenvalue weighted by atomic mass is 35.5. The molecule has 1 aromatic rings. The van der Waals surface area contributed by atoms with E-state index in [1.807, 2.05) is 18.2 Å². The maximum absolute atomic E-state index is 5.93. The first-order chi connectivity index (χ1) is 8.17. The van der Waals surface area contributed by atoms with Crippen molar-refractivity contribution in [3.8, 4) is 5.75 Å². The van der Waals surface area contributed by atoms with Crippen molar-refractivity contribution in [3.05, 3.63) is 28.8 Å². The van der Waals surface area contributed by atoms with Gasteiger partial charge in [0, 0.05) is 30.2 Å². The Kier molecular flexibility index (Phi) is 6.34. The highest BCUT2D eigenvalue weighted by molar-refractivity contribution is 6.30. The molecule has 0 fully saturated rings.